The molecule has 0 aliphatic rings. The third-order valence-electron chi connectivity index (χ3n) is 4.36. The van der Waals surface area contributed by atoms with Crippen LogP contribution in [0.25, 0.3) is 5.69 Å². The van der Waals surface area contributed by atoms with E-state index in [4.69, 9.17) is 0 Å². The molecule has 4 rings (SSSR count). The van der Waals surface area contributed by atoms with Crippen LogP contribution in [-0.2, 0) is 17.9 Å². The predicted octanol–water partition coefficient (Wildman–Crippen LogP) is 5.02. The van der Waals surface area contributed by atoms with Gasteiger partial charge in [-0.05, 0) is 41.9 Å². The minimum Gasteiger partial charge on any atom is -0.332 e. The smallest absolute Gasteiger partial charge is 0.233 e. The highest BCUT2D eigenvalue weighted by Crippen LogP contribution is 2.22. The zero-order valence-corrected chi connectivity index (χ0v) is 18.3. The van der Waals surface area contributed by atoms with Crippen molar-refractivity contribution >= 4 is 40.3 Å². The Balaban J connectivity index is 1.45. The van der Waals surface area contributed by atoms with Gasteiger partial charge in [-0.15, -0.1) is 32.9 Å². The Kier molecular flexibility index (Phi) is 6.43. The molecule has 0 spiro atoms. The van der Waals surface area contributed by atoms with Crippen LogP contribution in [0.1, 0.15) is 15.3 Å². The average molecular weight is 441 g/mol. The summed E-state index contributed by atoms with van der Waals surface area (Å²) < 4.78 is 1.92. The summed E-state index contributed by atoms with van der Waals surface area (Å²) in [7, 11) is 0. The summed E-state index contributed by atoms with van der Waals surface area (Å²) in [5.74, 6) is 0.414. The number of amides is 1. The van der Waals surface area contributed by atoms with Gasteiger partial charge in [-0.25, -0.2) is 0 Å². The van der Waals surface area contributed by atoms with Crippen molar-refractivity contribution in [2.45, 2.75) is 25.2 Å². The highest BCUT2D eigenvalue weighted by atomic mass is 32.2. The minimum absolute atomic E-state index is 0.0928. The van der Waals surface area contributed by atoms with Gasteiger partial charge in [-0.2, -0.15) is 0 Å². The molecule has 8 heteroatoms. The number of hydrogen-bond acceptors (Lipinski definition) is 6. The maximum Gasteiger partial charge on any atom is 0.233 e. The second kappa shape index (κ2) is 9.39. The average Bonchev–Trinajstić information content (AvgIpc) is 3.49. The molecule has 1 amide bonds. The number of carbonyl (C=O) groups is 1. The molecule has 0 aliphatic carbocycles. The third-order valence-corrected chi connectivity index (χ3v) is 7.01. The molecule has 4 aromatic rings. The molecular weight excluding hydrogens is 420 g/mol. The topological polar surface area (TPSA) is 51.0 Å². The fraction of sp³-hybridized carbons (Fsp3) is 0.190. The van der Waals surface area contributed by atoms with Crippen LogP contribution in [0.15, 0.2) is 70.8 Å². The van der Waals surface area contributed by atoms with E-state index in [2.05, 4.69) is 41.4 Å². The molecule has 0 aliphatic heterocycles. The largest absolute Gasteiger partial charge is 0.332 e. The summed E-state index contributed by atoms with van der Waals surface area (Å²) in [5, 5.41) is 13.0. The van der Waals surface area contributed by atoms with Gasteiger partial charge in [-0.1, -0.05) is 41.6 Å². The lowest BCUT2D eigenvalue weighted by atomic mass is 10.2. The van der Waals surface area contributed by atoms with Crippen molar-refractivity contribution in [1.29, 1.82) is 0 Å². The van der Waals surface area contributed by atoms with E-state index in [0.29, 0.717) is 18.8 Å². The van der Waals surface area contributed by atoms with E-state index in [1.807, 2.05) is 44.5 Å². The number of aromatic nitrogens is 3. The van der Waals surface area contributed by atoms with Crippen LogP contribution in [0.5, 0.6) is 0 Å². The Morgan fingerprint density at radius 1 is 1.03 bits per heavy atom. The molecule has 5 nitrogen and oxygen atoms in total. The first kappa shape index (κ1) is 19.9. The molecule has 3 aromatic heterocycles. The van der Waals surface area contributed by atoms with Crippen molar-refractivity contribution in [2.75, 3.05) is 5.75 Å². The van der Waals surface area contributed by atoms with Crippen LogP contribution in [0.4, 0.5) is 0 Å². The highest BCUT2D eigenvalue weighted by molar-refractivity contribution is 7.99. The van der Waals surface area contributed by atoms with Crippen molar-refractivity contribution < 1.29 is 4.79 Å². The predicted molar refractivity (Wildman–Crippen MR) is 120 cm³/mol. The number of thioether (sulfide) groups is 1. The number of benzene rings is 1. The SMILES string of the molecule is Cc1ccc(-n2cnnc2SCC(=O)N(Cc2cccs2)Cc2cccs2)cc1. The number of aryl methyl sites for hydroxylation is 1. The zero-order chi connectivity index (χ0) is 20.1. The van der Waals surface area contributed by atoms with Crippen LogP contribution >= 0.6 is 34.4 Å². The molecule has 1 aromatic carbocycles. The summed E-state index contributed by atoms with van der Waals surface area (Å²) in [6.45, 7) is 3.30. The van der Waals surface area contributed by atoms with Crippen LogP contribution < -0.4 is 0 Å². The Morgan fingerprint density at radius 2 is 1.69 bits per heavy atom. The molecular formula is C21H20N4OS3. The maximum atomic E-state index is 13.0. The Morgan fingerprint density at radius 3 is 2.28 bits per heavy atom. The van der Waals surface area contributed by atoms with Crippen molar-refractivity contribution in [1.82, 2.24) is 19.7 Å². The van der Waals surface area contributed by atoms with E-state index in [0.717, 1.165) is 10.8 Å². The molecule has 0 N–H and O–H groups in total. The van der Waals surface area contributed by atoms with Gasteiger partial charge in [0.05, 0.1) is 18.8 Å². The van der Waals surface area contributed by atoms with Crippen molar-refractivity contribution in [3.05, 3.63) is 80.9 Å². The summed E-state index contributed by atoms with van der Waals surface area (Å²) in [6.07, 6.45) is 1.69. The van der Waals surface area contributed by atoms with Gasteiger partial charge in [0.1, 0.15) is 6.33 Å². The van der Waals surface area contributed by atoms with Gasteiger partial charge in [-0.3, -0.25) is 9.36 Å². The summed E-state index contributed by atoms with van der Waals surface area (Å²) in [5.41, 5.74) is 2.19. The highest BCUT2D eigenvalue weighted by Gasteiger charge is 2.18. The molecule has 0 fully saturated rings. The lowest BCUT2D eigenvalue weighted by Crippen LogP contribution is -2.31. The van der Waals surface area contributed by atoms with Gasteiger partial charge >= 0.3 is 0 Å². The molecule has 3 heterocycles. The number of rotatable bonds is 8. The molecule has 0 unspecified atom stereocenters. The Labute approximate surface area is 182 Å². The lowest BCUT2D eigenvalue weighted by molar-refractivity contribution is -0.129. The van der Waals surface area contributed by atoms with Crippen molar-refractivity contribution in [3.8, 4) is 5.69 Å². The Hall–Kier alpha value is -2.42. The van der Waals surface area contributed by atoms with Gasteiger partial charge in [0.25, 0.3) is 0 Å². The van der Waals surface area contributed by atoms with E-state index < -0.39 is 0 Å². The van der Waals surface area contributed by atoms with Crippen LogP contribution in [0.2, 0.25) is 0 Å². The molecule has 0 atom stereocenters. The molecule has 0 radical (unpaired) electrons. The number of nitrogens with zero attached hydrogens (tertiary/aromatic N) is 4. The maximum absolute atomic E-state index is 13.0. The first-order valence-corrected chi connectivity index (χ1v) is 11.9. The van der Waals surface area contributed by atoms with Crippen molar-refractivity contribution in [2.24, 2.45) is 0 Å². The van der Waals surface area contributed by atoms with Gasteiger partial charge in [0.15, 0.2) is 5.16 Å². The summed E-state index contributed by atoms with van der Waals surface area (Å²) in [6, 6.07) is 16.4. The standard InChI is InChI=1S/C21H20N4OS3/c1-16-6-8-17(9-7-16)25-15-22-23-21(25)29-14-20(26)24(12-18-4-2-10-27-18)13-19-5-3-11-28-19/h2-11,15H,12-14H2,1H3. The lowest BCUT2D eigenvalue weighted by Gasteiger charge is -2.21. The molecule has 0 saturated heterocycles. The second-order valence-electron chi connectivity index (χ2n) is 6.52. The second-order valence-corrected chi connectivity index (χ2v) is 9.52. The van der Waals surface area contributed by atoms with Crippen LogP contribution in [0, 0.1) is 6.92 Å². The first-order valence-electron chi connectivity index (χ1n) is 9.11. The van der Waals surface area contributed by atoms with E-state index in [1.165, 1.54) is 27.1 Å². The van der Waals surface area contributed by atoms with Crippen LogP contribution in [-0.4, -0.2) is 31.3 Å². The third kappa shape index (κ3) is 5.14. The minimum atomic E-state index is 0.0928. The van der Waals surface area contributed by atoms with Crippen LogP contribution in [0.3, 0.4) is 0 Å². The van der Waals surface area contributed by atoms with E-state index in [9.17, 15) is 4.79 Å². The Bertz CT molecular complexity index is 1000. The van der Waals surface area contributed by atoms with Crippen molar-refractivity contribution in [3.63, 3.8) is 0 Å². The normalized spacial score (nSPS) is 10.9. The monoisotopic (exact) mass is 440 g/mol. The fourth-order valence-electron chi connectivity index (χ4n) is 2.84. The van der Waals surface area contributed by atoms with E-state index >= 15 is 0 Å². The molecule has 0 saturated carbocycles. The molecule has 0 bridgehead atoms. The molecule has 29 heavy (non-hydrogen) atoms. The van der Waals surface area contributed by atoms with Gasteiger partial charge in [0.2, 0.25) is 5.91 Å². The molecule has 148 valence electrons. The number of carbonyl (C=O) groups excluding carboxylic acids is 1. The van der Waals surface area contributed by atoms with Gasteiger partial charge < -0.3 is 4.90 Å². The number of thiophene rings is 2. The number of hydrogen-bond donors (Lipinski definition) is 0. The zero-order valence-electron chi connectivity index (χ0n) is 15.9. The fourth-order valence-corrected chi connectivity index (χ4v) is 5.11. The van der Waals surface area contributed by atoms with Gasteiger partial charge in [0, 0.05) is 15.4 Å². The van der Waals surface area contributed by atoms with E-state index in [-0.39, 0.29) is 5.91 Å². The first-order chi connectivity index (χ1) is 14.2. The quantitative estimate of drug-likeness (QED) is 0.361. The van der Waals surface area contributed by atoms with E-state index in [1.54, 1.807) is 29.0 Å². The summed E-state index contributed by atoms with van der Waals surface area (Å²) >= 11 is 4.77. The summed E-state index contributed by atoms with van der Waals surface area (Å²) in [4.78, 5) is 17.3.